The highest BCUT2D eigenvalue weighted by Gasteiger charge is 2.14. The SMILES string of the molecule is CCC(=O)OSc1cccc(Oc2ccccc2)c1CCN(C)C. The zero-order valence-electron chi connectivity index (χ0n) is 14.3. The summed E-state index contributed by atoms with van der Waals surface area (Å²) < 4.78 is 11.3. The molecule has 0 unspecified atom stereocenters. The molecule has 4 nitrogen and oxygen atoms in total. The molecule has 0 bridgehead atoms. The van der Waals surface area contributed by atoms with Crippen LogP contribution in [0.2, 0.25) is 0 Å². The third-order valence-corrected chi connectivity index (χ3v) is 4.21. The predicted molar refractivity (Wildman–Crippen MR) is 97.5 cm³/mol. The van der Waals surface area contributed by atoms with E-state index in [9.17, 15) is 4.79 Å². The van der Waals surface area contributed by atoms with Crippen LogP contribution in [0.15, 0.2) is 53.4 Å². The van der Waals surface area contributed by atoms with E-state index in [1.165, 1.54) is 0 Å². The lowest BCUT2D eigenvalue weighted by molar-refractivity contribution is -0.132. The molecule has 0 aliphatic rings. The van der Waals surface area contributed by atoms with Crippen LogP contribution in [-0.4, -0.2) is 31.5 Å². The maximum Gasteiger partial charge on any atom is 0.317 e. The van der Waals surface area contributed by atoms with E-state index in [0.29, 0.717) is 6.42 Å². The van der Waals surface area contributed by atoms with Crippen LogP contribution in [-0.2, 0) is 15.4 Å². The van der Waals surface area contributed by atoms with Gasteiger partial charge < -0.3 is 13.8 Å². The number of para-hydroxylation sites is 1. The number of nitrogens with zero attached hydrogens (tertiary/aromatic N) is 1. The summed E-state index contributed by atoms with van der Waals surface area (Å²) in [4.78, 5) is 14.5. The molecule has 2 aromatic carbocycles. The van der Waals surface area contributed by atoms with Crippen molar-refractivity contribution < 1.29 is 13.7 Å². The molecule has 0 radical (unpaired) electrons. The lowest BCUT2D eigenvalue weighted by Gasteiger charge is -2.16. The number of hydrogen-bond donors (Lipinski definition) is 0. The largest absolute Gasteiger partial charge is 0.457 e. The van der Waals surface area contributed by atoms with Gasteiger partial charge in [0.2, 0.25) is 0 Å². The fraction of sp³-hybridized carbons (Fsp3) is 0.316. The minimum atomic E-state index is -0.229. The Labute approximate surface area is 148 Å². The first kappa shape index (κ1) is 18.4. The van der Waals surface area contributed by atoms with Gasteiger partial charge in [-0.05, 0) is 44.8 Å². The highest BCUT2D eigenvalue weighted by molar-refractivity contribution is 7.95. The Morgan fingerprint density at radius 3 is 2.50 bits per heavy atom. The average Bonchev–Trinajstić information content (AvgIpc) is 2.59. The molecular formula is C19H23NO3S. The minimum absolute atomic E-state index is 0.229. The normalized spacial score (nSPS) is 10.7. The molecule has 5 heteroatoms. The lowest BCUT2D eigenvalue weighted by atomic mass is 10.1. The van der Waals surface area contributed by atoms with Crippen molar-refractivity contribution in [2.45, 2.75) is 24.7 Å². The quantitative estimate of drug-likeness (QED) is 0.657. The summed E-state index contributed by atoms with van der Waals surface area (Å²) in [5.74, 6) is 1.35. The van der Waals surface area contributed by atoms with Gasteiger partial charge in [-0.1, -0.05) is 31.2 Å². The van der Waals surface area contributed by atoms with Gasteiger partial charge in [0, 0.05) is 18.5 Å². The van der Waals surface area contributed by atoms with Gasteiger partial charge >= 0.3 is 5.97 Å². The standard InChI is InChI=1S/C19H23NO3S/c1-4-19(21)23-24-18-12-8-11-17(16(18)13-14-20(2)3)22-15-9-6-5-7-10-15/h5-12H,4,13-14H2,1-3H3. The van der Waals surface area contributed by atoms with E-state index >= 15 is 0 Å². The van der Waals surface area contributed by atoms with Crippen LogP contribution >= 0.6 is 12.0 Å². The van der Waals surface area contributed by atoms with Gasteiger partial charge in [-0.3, -0.25) is 4.79 Å². The first-order chi connectivity index (χ1) is 11.6. The second-order valence-corrected chi connectivity index (χ2v) is 6.37. The molecule has 0 aliphatic heterocycles. The zero-order chi connectivity index (χ0) is 17.4. The van der Waals surface area contributed by atoms with Crippen LogP contribution in [0.5, 0.6) is 11.5 Å². The zero-order valence-corrected chi connectivity index (χ0v) is 15.1. The van der Waals surface area contributed by atoms with Gasteiger partial charge in [0.15, 0.2) is 0 Å². The first-order valence-corrected chi connectivity index (χ1v) is 8.71. The van der Waals surface area contributed by atoms with Crippen molar-refractivity contribution in [1.82, 2.24) is 4.90 Å². The van der Waals surface area contributed by atoms with Crippen LogP contribution in [0.4, 0.5) is 0 Å². The van der Waals surface area contributed by atoms with Crippen LogP contribution in [0.25, 0.3) is 0 Å². The van der Waals surface area contributed by atoms with Crippen LogP contribution < -0.4 is 4.74 Å². The highest BCUT2D eigenvalue weighted by atomic mass is 32.2. The molecule has 24 heavy (non-hydrogen) atoms. The molecule has 0 N–H and O–H groups in total. The molecule has 0 heterocycles. The van der Waals surface area contributed by atoms with E-state index in [0.717, 1.165) is 47.0 Å². The molecule has 0 aliphatic carbocycles. The van der Waals surface area contributed by atoms with Crippen LogP contribution in [0.1, 0.15) is 18.9 Å². The first-order valence-electron chi connectivity index (χ1n) is 7.97. The Morgan fingerprint density at radius 1 is 1.08 bits per heavy atom. The number of benzene rings is 2. The fourth-order valence-electron chi connectivity index (χ4n) is 2.07. The lowest BCUT2D eigenvalue weighted by Crippen LogP contribution is -2.15. The number of carbonyl (C=O) groups excluding carboxylic acids is 1. The number of hydrogen-bond acceptors (Lipinski definition) is 5. The Kier molecular flexibility index (Phi) is 7.15. The average molecular weight is 345 g/mol. The van der Waals surface area contributed by atoms with E-state index in [1.807, 2.05) is 62.6 Å². The number of likely N-dealkylation sites (N-methyl/N-ethyl adjacent to an activating group) is 1. The molecule has 0 atom stereocenters. The third kappa shape index (κ3) is 5.58. The third-order valence-electron chi connectivity index (χ3n) is 3.38. The smallest absolute Gasteiger partial charge is 0.317 e. The van der Waals surface area contributed by atoms with E-state index in [-0.39, 0.29) is 5.97 Å². The molecule has 0 saturated carbocycles. The summed E-state index contributed by atoms with van der Waals surface area (Å²) in [5, 5.41) is 0. The maximum absolute atomic E-state index is 11.5. The van der Waals surface area contributed by atoms with Gasteiger partial charge in [0.25, 0.3) is 0 Å². The second kappa shape index (κ2) is 9.35. The molecule has 0 saturated heterocycles. The van der Waals surface area contributed by atoms with Crippen molar-refractivity contribution in [3.05, 3.63) is 54.1 Å². The van der Waals surface area contributed by atoms with Crippen LogP contribution in [0, 0.1) is 0 Å². The van der Waals surface area contributed by atoms with E-state index in [4.69, 9.17) is 8.92 Å². The summed E-state index contributed by atoms with van der Waals surface area (Å²) >= 11 is 1.11. The van der Waals surface area contributed by atoms with Gasteiger partial charge in [-0.15, -0.1) is 0 Å². The topological polar surface area (TPSA) is 38.8 Å². The highest BCUT2D eigenvalue weighted by Crippen LogP contribution is 2.34. The Hall–Kier alpha value is -1.98. The van der Waals surface area contributed by atoms with Crippen molar-refractivity contribution in [2.75, 3.05) is 20.6 Å². The molecule has 2 aromatic rings. The summed E-state index contributed by atoms with van der Waals surface area (Å²) in [6, 6.07) is 15.5. The molecule has 0 amide bonds. The number of ether oxygens (including phenoxy) is 1. The Bertz CT molecular complexity index is 659. The molecule has 128 valence electrons. The van der Waals surface area contributed by atoms with Crippen molar-refractivity contribution >= 4 is 18.0 Å². The van der Waals surface area contributed by atoms with Crippen molar-refractivity contribution in [3.63, 3.8) is 0 Å². The number of carbonyl (C=O) groups is 1. The minimum Gasteiger partial charge on any atom is -0.457 e. The van der Waals surface area contributed by atoms with Gasteiger partial charge in [-0.2, -0.15) is 0 Å². The Balaban J connectivity index is 2.25. The van der Waals surface area contributed by atoms with Crippen molar-refractivity contribution in [3.8, 4) is 11.5 Å². The van der Waals surface area contributed by atoms with Crippen molar-refractivity contribution in [2.24, 2.45) is 0 Å². The van der Waals surface area contributed by atoms with Crippen molar-refractivity contribution in [1.29, 1.82) is 0 Å². The summed E-state index contributed by atoms with van der Waals surface area (Å²) in [7, 11) is 4.06. The molecule has 0 spiro atoms. The maximum atomic E-state index is 11.5. The number of rotatable bonds is 8. The molecule has 0 aromatic heterocycles. The van der Waals surface area contributed by atoms with Gasteiger partial charge in [0.05, 0.1) is 16.9 Å². The molecular weight excluding hydrogens is 322 g/mol. The molecule has 2 rings (SSSR count). The predicted octanol–water partition coefficient (Wildman–Crippen LogP) is 4.54. The fourth-order valence-corrected chi connectivity index (χ4v) is 2.80. The summed E-state index contributed by atoms with van der Waals surface area (Å²) in [5.41, 5.74) is 1.05. The van der Waals surface area contributed by atoms with Gasteiger partial charge in [0.1, 0.15) is 11.5 Å². The van der Waals surface area contributed by atoms with E-state index < -0.39 is 0 Å². The van der Waals surface area contributed by atoms with Crippen LogP contribution in [0.3, 0.4) is 0 Å². The molecule has 0 fully saturated rings. The van der Waals surface area contributed by atoms with E-state index in [1.54, 1.807) is 6.92 Å². The monoisotopic (exact) mass is 345 g/mol. The summed E-state index contributed by atoms with van der Waals surface area (Å²) in [6.07, 6.45) is 1.17. The second-order valence-electron chi connectivity index (χ2n) is 5.59. The Morgan fingerprint density at radius 2 is 1.83 bits per heavy atom. The van der Waals surface area contributed by atoms with E-state index in [2.05, 4.69) is 4.90 Å². The summed E-state index contributed by atoms with van der Waals surface area (Å²) in [6.45, 7) is 2.66. The van der Waals surface area contributed by atoms with Gasteiger partial charge in [-0.25, -0.2) is 0 Å².